The van der Waals surface area contributed by atoms with E-state index in [1.54, 1.807) is 24.3 Å². The van der Waals surface area contributed by atoms with Gasteiger partial charge in [-0.15, -0.1) is 0 Å². The predicted octanol–water partition coefficient (Wildman–Crippen LogP) is 3.52. The summed E-state index contributed by atoms with van der Waals surface area (Å²) >= 11 is 8.92. The van der Waals surface area contributed by atoms with E-state index in [1.807, 2.05) is 0 Å². The van der Waals surface area contributed by atoms with Gasteiger partial charge in [0.25, 0.3) is 0 Å². The Morgan fingerprint density at radius 2 is 1.84 bits per heavy atom. The van der Waals surface area contributed by atoms with Crippen LogP contribution in [-0.2, 0) is 16.6 Å². The van der Waals surface area contributed by atoms with E-state index in [0.717, 1.165) is 0 Å². The molecule has 19 heavy (non-hydrogen) atoms. The second-order valence-corrected chi connectivity index (χ2v) is 7.18. The van der Waals surface area contributed by atoms with E-state index < -0.39 is 10.0 Å². The Kier molecular flexibility index (Phi) is 4.35. The molecule has 0 saturated carbocycles. The molecule has 0 atom stereocenters. The maximum absolute atomic E-state index is 12.3. The highest BCUT2D eigenvalue weighted by atomic mass is 79.9. The first-order chi connectivity index (χ1) is 8.89. The fraction of sp³-hybridized carbons (Fsp3) is 0.167. The van der Waals surface area contributed by atoms with Crippen LogP contribution in [0.2, 0.25) is 5.02 Å². The molecule has 0 radical (unpaired) electrons. The normalized spacial score (nSPS) is 12.0. The number of sulfonamides is 1. The van der Waals surface area contributed by atoms with Crippen LogP contribution in [-0.4, -0.2) is 19.8 Å². The molecule has 0 bridgehead atoms. The number of rotatable bonds is 4. The van der Waals surface area contributed by atoms with Gasteiger partial charge in [0.15, 0.2) is 4.67 Å². The summed E-state index contributed by atoms with van der Waals surface area (Å²) in [6, 6.07) is 9.49. The summed E-state index contributed by atoms with van der Waals surface area (Å²) in [4.78, 5) is 0.199. The van der Waals surface area contributed by atoms with Gasteiger partial charge in [-0.05, 0) is 52.3 Å². The van der Waals surface area contributed by atoms with E-state index >= 15 is 0 Å². The van der Waals surface area contributed by atoms with Gasteiger partial charge in [-0.2, -0.15) is 4.31 Å². The SMILES string of the molecule is CN(Cc1ccc(Br)o1)S(=O)(=O)c1ccc(Cl)cc1. The van der Waals surface area contributed by atoms with Gasteiger partial charge in [0.2, 0.25) is 10.0 Å². The van der Waals surface area contributed by atoms with E-state index in [-0.39, 0.29) is 11.4 Å². The van der Waals surface area contributed by atoms with Gasteiger partial charge in [-0.1, -0.05) is 11.6 Å². The Morgan fingerprint density at radius 3 is 2.37 bits per heavy atom. The lowest BCUT2D eigenvalue weighted by atomic mass is 10.4. The van der Waals surface area contributed by atoms with Crippen molar-refractivity contribution in [2.75, 3.05) is 7.05 Å². The van der Waals surface area contributed by atoms with Crippen molar-refractivity contribution in [3.05, 3.63) is 51.9 Å². The molecule has 0 unspecified atom stereocenters. The highest BCUT2D eigenvalue weighted by Gasteiger charge is 2.21. The summed E-state index contributed by atoms with van der Waals surface area (Å²) in [6.07, 6.45) is 0. The lowest BCUT2D eigenvalue weighted by Crippen LogP contribution is -2.26. The standard InChI is InChI=1S/C12H11BrClNO3S/c1-15(8-10-4-7-12(13)18-10)19(16,17)11-5-2-9(14)3-6-11/h2-7H,8H2,1H3. The molecule has 4 nitrogen and oxygen atoms in total. The minimum Gasteiger partial charge on any atom is -0.453 e. The summed E-state index contributed by atoms with van der Waals surface area (Å²) in [5.74, 6) is 0.562. The van der Waals surface area contributed by atoms with Crippen LogP contribution < -0.4 is 0 Å². The Hall–Kier alpha value is -0.820. The first-order valence-electron chi connectivity index (χ1n) is 5.36. The molecule has 0 fully saturated rings. The average molecular weight is 365 g/mol. The Balaban J connectivity index is 2.21. The summed E-state index contributed by atoms with van der Waals surface area (Å²) < 4.78 is 31.7. The third-order valence-corrected chi connectivity index (χ3v) is 5.02. The molecular formula is C12H11BrClNO3S. The molecule has 1 heterocycles. The van der Waals surface area contributed by atoms with Gasteiger partial charge in [0.05, 0.1) is 11.4 Å². The average Bonchev–Trinajstić information content (AvgIpc) is 2.75. The molecule has 2 rings (SSSR count). The zero-order valence-corrected chi connectivity index (χ0v) is 13.2. The van der Waals surface area contributed by atoms with Crippen molar-refractivity contribution in [3.63, 3.8) is 0 Å². The van der Waals surface area contributed by atoms with E-state index in [9.17, 15) is 8.42 Å². The van der Waals surface area contributed by atoms with Gasteiger partial charge in [0.1, 0.15) is 5.76 Å². The van der Waals surface area contributed by atoms with Crippen LogP contribution in [0.4, 0.5) is 0 Å². The van der Waals surface area contributed by atoms with Crippen molar-refractivity contribution in [2.24, 2.45) is 0 Å². The van der Waals surface area contributed by atoms with Crippen molar-refractivity contribution < 1.29 is 12.8 Å². The molecule has 2 aromatic rings. The summed E-state index contributed by atoms with van der Waals surface area (Å²) in [6.45, 7) is 0.163. The number of nitrogens with zero attached hydrogens (tertiary/aromatic N) is 1. The van der Waals surface area contributed by atoms with Gasteiger partial charge in [-0.3, -0.25) is 0 Å². The van der Waals surface area contributed by atoms with E-state index in [4.69, 9.17) is 16.0 Å². The van der Waals surface area contributed by atoms with Gasteiger partial charge in [0, 0.05) is 12.1 Å². The molecule has 0 aliphatic rings. The summed E-state index contributed by atoms with van der Waals surface area (Å²) in [5, 5.41) is 0.497. The van der Waals surface area contributed by atoms with Gasteiger partial charge in [-0.25, -0.2) is 8.42 Å². The van der Waals surface area contributed by atoms with Crippen LogP contribution in [0.25, 0.3) is 0 Å². The second-order valence-electron chi connectivity index (χ2n) is 3.92. The molecule has 7 heteroatoms. The molecule has 0 amide bonds. The zero-order valence-electron chi connectivity index (χ0n) is 10.0. The molecule has 1 aromatic heterocycles. The van der Waals surface area contributed by atoms with E-state index in [2.05, 4.69) is 15.9 Å². The number of hydrogen-bond donors (Lipinski definition) is 0. The Labute approximate surface area is 125 Å². The minimum absolute atomic E-state index is 0.163. The van der Waals surface area contributed by atoms with E-state index in [0.29, 0.717) is 15.5 Å². The predicted molar refractivity (Wildman–Crippen MR) is 76.5 cm³/mol. The van der Waals surface area contributed by atoms with Gasteiger partial charge >= 0.3 is 0 Å². The monoisotopic (exact) mass is 363 g/mol. The van der Waals surface area contributed by atoms with Crippen LogP contribution in [0.1, 0.15) is 5.76 Å². The largest absolute Gasteiger partial charge is 0.453 e. The van der Waals surface area contributed by atoms with Crippen LogP contribution in [0.15, 0.2) is 50.4 Å². The number of hydrogen-bond acceptors (Lipinski definition) is 3. The van der Waals surface area contributed by atoms with Crippen LogP contribution in [0, 0.1) is 0 Å². The fourth-order valence-corrected chi connectivity index (χ4v) is 3.13. The second kappa shape index (κ2) is 5.66. The maximum atomic E-state index is 12.3. The van der Waals surface area contributed by atoms with Crippen molar-refractivity contribution in [3.8, 4) is 0 Å². The molecule has 0 aliphatic carbocycles. The number of furan rings is 1. The third-order valence-electron chi connectivity index (χ3n) is 2.53. The Morgan fingerprint density at radius 1 is 1.21 bits per heavy atom. The maximum Gasteiger partial charge on any atom is 0.243 e. The lowest BCUT2D eigenvalue weighted by Gasteiger charge is -2.15. The van der Waals surface area contributed by atoms with Crippen molar-refractivity contribution in [2.45, 2.75) is 11.4 Å². The van der Waals surface area contributed by atoms with Crippen molar-refractivity contribution >= 4 is 37.6 Å². The molecule has 102 valence electrons. The molecule has 0 saturated heterocycles. The molecular weight excluding hydrogens is 354 g/mol. The first-order valence-corrected chi connectivity index (χ1v) is 7.97. The lowest BCUT2D eigenvalue weighted by molar-refractivity contribution is 0.398. The van der Waals surface area contributed by atoms with Gasteiger partial charge < -0.3 is 4.42 Å². The summed E-state index contributed by atoms with van der Waals surface area (Å²) in [5.41, 5.74) is 0. The Bertz CT molecular complexity index is 667. The van der Waals surface area contributed by atoms with Crippen LogP contribution in [0.3, 0.4) is 0 Å². The zero-order chi connectivity index (χ0) is 14.0. The fourth-order valence-electron chi connectivity index (χ4n) is 1.53. The smallest absolute Gasteiger partial charge is 0.243 e. The van der Waals surface area contributed by atoms with Crippen molar-refractivity contribution in [1.82, 2.24) is 4.31 Å². The first kappa shape index (κ1) is 14.6. The minimum atomic E-state index is -3.55. The quantitative estimate of drug-likeness (QED) is 0.834. The molecule has 1 aromatic carbocycles. The highest BCUT2D eigenvalue weighted by Crippen LogP contribution is 2.21. The van der Waals surface area contributed by atoms with Crippen LogP contribution >= 0.6 is 27.5 Å². The molecule has 0 spiro atoms. The summed E-state index contributed by atoms with van der Waals surface area (Å²) in [7, 11) is -2.04. The number of halogens is 2. The topological polar surface area (TPSA) is 50.5 Å². The highest BCUT2D eigenvalue weighted by molar-refractivity contribution is 9.10. The van der Waals surface area contributed by atoms with Crippen molar-refractivity contribution in [1.29, 1.82) is 0 Å². The molecule has 0 aliphatic heterocycles. The third kappa shape index (κ3) is 3.39. The van der Waals surface area contributed by atoms with E-state index in [1.165, 1.54) is 23.5 Å². The molecule has 0 N–H and O–H groups in total. The van der Waals surface area contributed by atoms with Crippen LogP contribution in [0.5, 0.6) is 0 Å². The number of benzene rings is 1.